The van der Waals surface area contributed by atoms with Crippen LogP contribution in [0.3, 0.4) is 0 Å². The van der Waals surface area contributed by atoms with Crippen molar-refractivity contribution in [3.63, 3.8) is 0 Å². The number of anilines is 1. The lowest BCUT2D eigenvalue weighted by atomic mass is 10.00. The van der Waals surface area contributed by atoms with E-state index >= 15 is 0 Å². The fourth-order valence-corrected chi connectivity index (χ4v) is 1.80. The minimum atomic E-state index is -0.200. The van der Waals surface area contributed by atoms with Gasteiger partial charge in [-0.05, 0) is 37.0 Å². The maximum atomic E-state index is 12.0. The van der Waals surface area contributed by atoms with Gasteiger partial charge in [0.1, 0.15) is 0 Å². The van der Waals surface area contributed by atoms with Crippen molar-refractivity contribution in [1.82, 2.24) is 5.32 Å². The molecule has 0 aliphatic carbocycles. The van der Waals surface area contributed by atoms with Gasteiger partial charge in [-0.1, -0.05) is 26.0 Å². The Morgan fingerprint density at radius 1 is 1.30 bits per heavy atom. The summed E-state index contributed by atoms with van der Waals surface area (Å²) in [7, 11) is 0. The molecule has 1 unspecified atom stereocenters. The Morgan fingerprint density at radius 2 is 2.05 bits per heavy atom. The standard InChI is InChI=1S/C16H26N2O2/c1-12(2)7-9-20-10-8-18-16(19)13(3)14-5-4-6-15(17)11-14/h4-6,11-13H,7-10,17H2,1-3H3,(H,18,19). The first-order valence-electron chi connectivity index (χ1n) is 7.21. The molecule has 1 aromatic carbocycles. The van der Waals surface area contributed by atoms with Crippen LogP contribution in [0.5, 0.6) is 0 Å². The lowest BCUT2D eigenvalue weighted by molar-refractivity contribution is -0.122. The molecule has 20 heavy (non-hydrogen) atoms. The van der Waals surface area contributed by atoms with Crippen LogP contribution in [0.2, 0.25) is 0 Å². The molecular weight excluding hydrogens is 252 g/mol. The molecule has 0 spiro atoms. The van der Waals surface area contributed by atoms with Gasteiger partial charge < -0.3 is 15.8 Å². The summed E-state index contributed by atoms with van der Waals surface area (Å²) in [5, 5.41) is 2.88. The minimum Gasteiger partial charge on any atom is -0.399 e. The maximum absolute atomic E-state index is 12.0. The molecular formula is C16H26N2O2. The third-order valence-corrected chi connectivity index (χ3v) is 3.19. The molecule has 1 atom stereocenters. The Hall–Kier alpha value is -1.55. The van der Waals surface area contributed by atoms with Gasteiger partial charge in [-0.3, -0.25) is 4.79 Å². The largest absolute Gasteiger partial charge is 0.399 e. The molecule has 0 radical (unpaired) electrons. The highest BCUT2D eigenvalue weighted by Crippen LogP contribution is 2.17. The van der Waals surface area contributed by atoms with Gasteiger partial charge in [-0.25, -0.2) is 0 Å². The predicted molar refractivity (Wildman–Crippen MR) is 82.6 cm³/mol. The summed E-state index contributed by atoms with van der Waals surface area (Å²) in [5.41, 5.74) is 7.34. The smallest absolute Gasteiger partial charge is 0.227 e. The van der Waals surface area contributed by atoms with Crippen molar-refractivity contribution >= 4 is 11.6 Å². The second kappa shape index (κ2) is 8.59. The maximum Gasteiger partial charge on any atom is 0.227 e. The molecule has 1 rings (SSSR count). The molecule has 1 amide bonds. The SMILES string of the molecule is CC(C)CCOCCNC(=O)C(C)c1cccc(N)c1. The average molecular weight is 278 g/mol. The van der Waals surface area contributed by atoms with E-state index in [-0.39, 0.29) is 11.8 Å². The summed E-state index contributed by atoms with van der Waals surface area (Å²) in [5.74, 6) is 0.449. The zero-order valence-corrected chi connectivity index (χ0v) is 12.7. The third-order valence-electron chi connectivity index (χ3n) is 3.19. The van der Waals surface area contributed by atoms with Gasteiger partial charge in [0.15, 0.2) is 0 Å². The first kappa shape index (κ1) is 16.5. The first-order valence-corrected chi connectivity index (χ1v) is 7.21. The van der Waals surface area contributed by atoms with Crippen LogP contribution in [-0.2, 0) is 9.53 Å². The number of hydrogen-bond donors (Lipinski definition) is 2. The summed E-state index contributed by atoms with van der Waals surface area (Å²) < 4.78 is 5.46. The number of amides is 1. The number of nitrogen functional groups attached to an aromatic ring is 1. The van der Waals surface area contributed by atoms with Gasteiger partial charge in [0, 0.05) is 18.8 Å². The highest BCUT2D eigenvalue weighted by molar-refractivity contribution is 5.83. The summed E-state index contributed by atoms with van der Waals surface area (Å²) in [6, 6.07) is 7.43. The molecule has 112 valence electrons. The monoisotopic (exact) mass is 278 g/mol. The van der Waals surface area contributed by atoms with E-state index < -0.39 is 0 Å². The molecule has 1 aromatic rings. The van der Waals surface area contributed by atoms with Crippen molar-refractivity contribution < 1.29 is 9.53 Å². The predicted octanol–water partition coefficient (Wildman–Crippen LogP) is 2.55. The van der Waals surface area contributed by atoms with E-state index in [4.69, 9.17) is 10.5 Å². The summed E-state index contributed by atoms with van der Waals surface area (Å²) >= 11 is 0. The molecule has 0 fully saturated rings. The van der Waals surface area contributed by atoms with Crippen LogP contribution >= 0.6 is 0 Å². The van der Waals surface area contributed by atoms with Crippen molar-refractivity contribution in [3.8, 4) is 0 Å². The zero-order chi connectivity index (χ0) is 15.0. The molecule has 3 N–H and O–H groups in total. The highest BCUT2D eigenvalue weighted by atomic mass is 16.5. The van der Waals surface area contributed by atoms with Crippen LogP contribution in [0, 0.1) is 5.92 Å². The highest BCUT2D eigenvalue weighted by Gasteiger charge is 2.14. The Labute approximate surface area is 121 Å². The first-order chi connectivity index (χ1) is 9.50. The van der Waals surface area contributed by atoms with Crippen LogP contribution in [0.1, 0.15) is 38.7 Å². The summed E-state index contributed by atoms with van der Waals surface area (Å²) in [4.78, 5) is 12.0. The lowest BCUT2D eigenvalue weighted by Gasteiger charge is -2.13. The molecule has 0 saturated heterocycles. The van der Waals surface area contributed by atoms with Crippen LogP contribution in [-0.4, -0.2) is 25.7 Å². The molecule has 0 heterocycles. The van der Waals surface area contributed by atoms with Gasteiger partial charge in [0.05, 0.1) is 12.5 Å². The molecule has 0 aromatic heterocycles. The number of nitrogens with one attached hydrogen (secondary N) is 1. The van der Waals surface area contributed by atoms with Crippen LogP contribution < -0.4 is 11.1 Å². The minimum absolute atomic E-state index is 0.00283. The van der Waals surface area contributed by atoms with Gasteiger partial charge in [-0.15, -0.1) is 0 Å². The number of carbonyl (C=O) groups is 1. The van der Waals surface area contributed by atoms with Gasteiger partial charge in [0.2, 0.25) is 5.91 Å². The Bertz CT molecular complexity index is 419. The summed E-state index contributed by atoms with van der Waals surface area (Å²) in [6.45, 7) is 8.06. The van der Waals surface area contributed by atoms with Gasteiger partial charge >= 0.3 is 0 Å². The van der Waals surface area contributed by atoms with Gasteiger partial charge in [0.25, 0.3) is 0 Å². The number of hydrogen-bond acceptors (Lipinski definition) is 3. The topological polar surface area (TPSA) is 64.3 Å². The lowest BCUT2D eigenvalue weighted by Crippen LogP contribution is -2.31. The van der Waals surface area contributed by atoms with Crippen LogP contribution in [0.15, 0.2) is 24.3 Å². The van der Waals surface area contributed by atoms with E-state index in [1.54, 1.807) is 0 Å². The molecule has 0 aliphatic heterocycles. The molecule has 4 nitrogen and oxygen atoms in total. The Kier molecular flexibility index (Phi) is 7.09. The van der Waals surface area contributed by atoms with Crippen molar-refractivity contribution in [3.05, 3.63) is 29.8 Å². The van der Waals surface area contributed by atoms with Crippen LogP contribution in [0.25, 0.3) is 0 Å². The fourth-order valence-electron chi connectivity index (χ4n) is 1.80. The molecule has 4 heteroatoms. The second-order valence-corrected chi connectivity index (χ2v) is 5.48. The van der Waals surface area contributed by atoms with Crippen molar-refractivity contribution in [2.45, 2.75) is 33.1 Å². The quantitative estimate of drug-likeness (QED) is 0.567. The number of nitrogens with two attached hydrogens (primary N) is 1. The summed E-state index contributed by atoms with van der Waals surface area (Å²) in [6.07, 6.45) is 1.05. The van der Waals surface area contributed by atoms with Gasteiger partial charge in [-0.2, -0.15) is 0 Å². The average Bonchev–Trinajstić information content (AvgIpc) is 2.41. The molecule has 0 saturated carbocycles. The fraction of sp³-hybridized carbons (Fsp3) is 0.562. The normalized spacial score (nSPS) is 12.4. The van der Waals surface area contributed by atoms with E-state index in [9.17, 15) is 4.79 Å². The van der Waals surface area contributed by atoms with E-state index in [0.29, 0.717) is 24.8 Å². The van der Waals surface area contributed by atoms with Crippen molar-refractivity contribution in [1.29, 1.82) is 0 Å². The molecule has 0 bridgehead atoms. The second-order valence-electron chi connectivity index (χ2n) is 5.48. The van der Waals surface area contributed by atoms with Crippen molar-refractivity contribution in [2.75, 3.05) is 25.5 Å². The van der Waals surface area contributed by atoms with Crippen molar-refractivity contribution in [2.24, 2.45) is 5.92 Å². The van der Waals surface area contributed by atoms with E-state index in [2.05, 4.69) is 19.2 Å². The molecule has 0 aliphatic rings. The van der Waals surface area contributed by atoms with Crippen LogP contribution in [0.4, 0.5) is 5.69 Å². The Morgan fingerprint density at radius 3 is 2.70 bits per heavy atom. The third kappa shape index (κ3) is 6.06. The number of rotatable bonds is 8. The van der Waals surface area contributed by atoms with E-state index in [1.807, 2.05) is 31.2 Å². The Balaban J connectivity index is 2.25. The number of carbonyl (C=O) groups excluding carboxylic acids is 1. The van der Waals surface area contributed by atoms with E-state index in [1.165, 1.54) is 0 Å². The number of ether oxygens (including phenoxy) is 1. The van der Waals surface area contributed by atoms with E-state index in [0.717, 1.165) is 18.6 Å². The zero-order valence-electron chi connectivity index (χ0n) is 12.7. The number of benzene rings is 1.